The minimum atomic E-state index is 0.574. The summed E-state index contributed by atoms with van der Waals surface area (Å²) in [5.74, 6) is 3.33. The van der Waals surface area contributed by atoms with Gasteiger partial charge in [0.25, 0.3) is 5.65 Å². The Balaban J connectivity index is 1.66. The number of pyridine rings is 1. The minimum Gasteiger partial charge on any atom is -0.225 e. The first-order valence-electron chi connectivity index (χ1n) is 12.6. The number of imidazole rings is 1. The second-order valence-electron chi connectivity index (χ2n) is 11.1. The highest BCUT2D eigenvalue weighted by Gasteiger charge is 2.40. The summed E-state index contributed by atoms with van der Waals surface area (Å²) in [4.78, 5) is 0. The van der Waals surface area contributed by atoms with E-state index in [2.05, 4.69) is 97.5 Å². The van der Waals surface area contributed by atoms with Gasteiger partial charge >= 0.3 is 0 Å². The molecule has 0 saturated heterocycles. The highest BCUT2D eigenvalue weighted by atomic mass is 15.1. The van der Waals surface area contributed by atoms with Crippen molar-refractivity contribution in [2.75, 3.05) is 0 Å². The summed E-state index contributed by atoms with van der Waals surface area (Å²) in [6, 6.07) is 15.9. The van der Waals surface area contributed by atoms with Gasteiger partial charge in [0.15, 0.2) is 5.69 Å². The van der Waals surface area contributed by atoms with Gasteiger partial charge in [-0.2, -0.15) is 4.40 Å². The van der Waals surface area contributed by atoms with Gasteiger partial charge in [0.05, 0.1) is 5.39 Å². The van der Waals surface area contributed by atoms with Crippen molar-refractivity contribution >= 4 is 27.3 Å². The maximum Gasteiger partial charge on any atom is 0.295 e. The lowest BCUT2D eigenvalue weighted by molar-refractivity contribution is -0.657. The first-order valence-corrected chi connectivity index (χ1v) is 12.6. The monoisotopic (exact) mass is 423 g/mol. The summed E-state index contributed by atoms with van der Waals surface area (Å²) in [7, 11) is 0. The van der Waals surface area contributed by atoms with E-state index >= 15 is 0 Å². The first-order chi connectivity index (χ1) is 15.5. The Hall–Kier alpha value is -2.61. The number of benzene rings is 2. The smallest absolute Gasteiger partial charge is 0.225 e. The predicted molar refractivity (Wildman–Crippen MR) is 134 cm³/mol. The van der Waals surface area contributed by atoms with Gasteiger partial charge in [-0.25, -0.2) is 4.57 Å². The molecule has 1 aliphatic heterocycles. The van der Waals surface area contributed by atoms with E-state index in [1.54, 1.807) is 0 Å². The molecule has 0 saturated carbocycles. The van der Waals surface area contributed by atoms with Gasteiger partial charge in [-0.3, -0.25) is 0 Å². The van der Waals surface area contributed by atoms with Crippen molar-refractivity contribution in [3.8, 4) is 0 Å². The first kappa shape index (κ1) is 20.0. The van der Waals surface area contributed by atoms with Crippen LogP contribution in [0, 0.1) is 23.7 Å². The number of para-hydroxylation sites is 1. The zero-order valence-corrected chi connectivity index (χ0v) is 19.9. The molecule has 2 aliphatic rings. The van der Waals surface area contributed by atoms with Crippen LogP contribution in [0.3, 0.4) is 0 Å². The Morgan fingerprint density at radius 2 is 1.72 bits per heavy atom. The highest BCUT2D eigenvalue weighted by Crippen LogP contribution is 2.46. The molecule has 164 valence electrons. The van der Waals surface area contributed by atoms with Crippen LogP contribution in [0.5, 0.6) is 0 Å². The van der Waals surface area contributed by atoms with Gasteiger partial charge in [-0.15, -0.1) is 0 Å². The van der Waals surface area contributed by atoms with Crippen molar-refractivity contribution < 1.29 is 4.57 Å². The Morgan fingerprint density at radius 3 is 2.53 bits per heavy atom. The van der Waals surface area contributed by atoms with Crippen LogP contribution in [-0.2, 0) is 6.54 Å². The van der Waals surface area contributed by atoms with Crippen molar-refractivity contribution in [3.63, 3.8) is 0 Å². The molecule has 3 atom stereocenters. The maximum absolute atomic E-state index is 2.65. The van der Waals surface area contributed by atoms with Gasteiger partial charge in [0.2, 0.25) is 0 Å². The number of hydrogen-bond donors (Lipinski definition) is 0. The van der Waals surface area contributed by atoms with E-state index in [1.165, 1.54) is 57.8 Å². The lowest BCUT2D eigenvalue weighted by Gasteiger charge is -2.35. The van der Waals surface area contributed by atoms with Crippen LogP contribution in [0.15, 0.2) is 60.8 Å². The topological polar surface area (TPSA) is 8.29 Å². The molecular formula is C30H35N2+. The maximum atomic E-state index is 2.65. The molecule has 6 rings (SSSR count). The minimum absolute atomic E-state index is 0.574. The van der Waals surface area contributed by atoms with Crippen LogP contribution in [0.1, 0.15) is 64.1 Å². The lowest BCUT2D eigenvalue weighted by Crippen LogP contribution is -2.30. The van der Waals surface area contributed by atoms with Crippen LogP contribution < -0.4 is 4.57 Å². The second kappa shape index (κ2) is 7.47. The molecule has 0 N–H and O–H groups in total. The number of rotatable bonds is 5. The molecule has 0 amide bonds. The summed E-state index contributed by atoms with van der Waals surface area (Å²) in [5, 5.41) is 4.25. The zero-order valence-electron chi connectivity index (χ0n) is 19.9. The Morgan fingerprint density at radius 1 is 0.938 bits per heavy atom. The van der Waals surface area contributed by atoms with Gasteiger partial charge in [0.1, 0.15) is 18.3 Å². The fourth-order valence-electron chi connectivity index (χ4n) is 6.82. The molecule has 0 fully saturated rings. The van der Waals surface area contributed by atoms with Gasteiger partial charge in [-0.1, -0.05) is 76.2 Å². The molecule has 3 unspecified atom stereocenters. The number of allylic oxidation sites excluding steroid dienone is 2. The fraction of sp³-hybridized carbons (Fsp3) is 0.433. The number of nitrogens with zero attached hydrogens (tertiary/aromatic N) is 2. The van der Waals surface area contributed by atoms with Crippen LogP contribution in [-0.4, -0.2) is 4.40 Å². The third-order valence-corrected chi connectivity index (χ3v) is 7.83. The Bertz CT molecular complexity index is 1350. The molecule has 32 heavy (non-hydrogen) atoms. The quantitative estimate of drug-likeness (QED) is 0.160. The molecular weight excluding hydrogens is 388 g/mol. The average Bonchev–Trinajstić information content (AvgIpc) is 3.29. The van der Waals surface area contributed by atoms with E-state index in [9.17, 15) is 0 Å². The fourth-order valence-corrected chi connectivity index (χ4v) is 6.82. The molecule has 1 aliphatic carbocycles. The van der Waals surface area contributed by atoms with E-state index in [1.807, 2.05) is 0 Å². The third kappa shape index (κ3) is 2.95. The number of hydrogen-bond acceptors (Lipinski definition) is 0. The van der Waals surface area contributed by atoms with Crippen LogP contribution in [0.2, 0.25) is 0 Å². The van der Waals surface area contributed by atoms with E-state index in [-0.39, 0.29) is 0 Å². The standard InChI is InChI=1S/C30H35N2/c1-19(2)15-21-9-7-10-22(16-20(3)4)28(21)27-18-31-17-23-11-8-13-25-24-12-5-6-14-26(24)32(27)30(31)29(23)25/h5-9,11-14,18-22,28H,10,15-17H2,1-4H3/q+1. The molecule has 0 bridgehead atoms. The summed E-state index contributed by atoms with van der Waals surface area (Å²) in [5.41, 5.74) is 5.77. The van der Waals surface area contributed by atoms with Crippen molar-refractivity contribution in [1.82, 2.24) is 4.40 Å². The normalized spacial score (nSPS) is 22.5. The molecule has 3 heterocycles. The second-order valence-corrected chi connectivity index (χ2v) is 11.1. The summed E-state index contributed by atoms with van der Waals surface area (Å²) >= 11 is 0. The van der Waals surface area contributed by atoms with Crippen molar-refractivity contribution in [2.24, 2.45) is 23.7 Å². The molecule has 2 aromatic carbocycles. The van der Waals surface area contributed by atoms with Gasteiger partial charge in [0, 0.05) is 22.3 Å². The van der Waals surface area contributed by atoms with E-state index in [0.29, 0.717) is 23.7 Å². The summed E-state index contributed by atoms with van der Waals surface area (Å²) in [6.07, 6.45) is 11.3. The van der Waals surface area contributed by atoms with Crippen molar-refractivity contribution in [1.29, 1.82) is 0 Å². The summed E-state index contributed by atoms with van der Waals surface area (Å²) in [6.45, 7) is 10.5. The summed E-state index contributed by atoms with van der Waals surface area (Å²) < 4.78 is 5.19. The Labute approximate surface area is 191 Å². The SMILES string of the molecule is CC(C)CC1C=CCC(CC(C)C)C1c1c[n+]2c3c4c(cccc4c4ccccc4n13)C2. The molecule has 0 spiro atoms. The van der Waals surface area contributed by atoms with Crippen molar-refractivity contribution in [2.45, 2.75) is 59.4 Å². The van der Waals surface area contributed by atoms with Crippen LogP contribution >= 0.6 is 0 Å². The predicted octanol–water partition coefficient (Wildman–Crippen LogP) is 7.26. The lowest BCUT2D eigenvalue weighted by atomic mass is 9.69. The molecule has 2 aromatic heterocycles. The molecule has 2 nitrogen and oxygen atoms in total. The van der Waals surface area contributed by atoms with Crippen LogP contribution in [0.25, 0.3) is 27.3 Å². The van der Waals surface area contributed by atoms with E-state index < -0.39 is 0 Å². The van der Waals surface area contributed by atoms with E-state index in [0.717, 1.165) is 12.5 Å². The average molecular weight is 424 g/mol. The highest BCUT2D eigenvalue weighted by molar-refractivity contribution is 6.12. The van der Waals surface area contributed by atoms with Gasteiger partial charge < -0.3 is 0 Å². The number of fused-ring (bicyclic) bond motifs is 3. The van der Waals surface area contributed by atoms with E-state index in [4.69, 9.17) is 0 Å². The van der Waals surface area contributed by atoms with Crippen molar-refractivity contribution in [3.05, 3.63) is 72.1 Å². The van der Waals surface area contributed by atoms with Crippen LogP contribution in [0.4, 0.5) is 0 Å². The Kier molecular flexibility index (Phi) is 4.68. The molecule has 0 radical (unpaired) electrons. The van der Waals surface area contributed by atoms with Gasteiger partial charge in [-0.05, 0) is 49.0 Å². The number of aromatic nitrogens is 2. The third-order valence-electron chi connectivity index (χ3n) is 7.83. The largest absolute Gasteiger partial charge is 0.295 e. The molecule has 2 heteroatoms. The molecule has 4 aromatic rings. The zero-order chi connectivity index (χ0) is 22.0.